The van der Waals surface area contributed by atoms with Crippen LogP contribution in [-0.2, 0) is 14.3 Å². The van der Waals surface area contributed by atoms with Crippen LogP contribution in [0.3, 0.4) is 0 Å². The average Bonchev–Trinajstić information content (AvgIpc) is 2.34. The van der Waals surface area contributed by atoms with Gasteiger partial charge in [-0.15, -0.1) is 0 Å². The number of amides is 2. The number of carbonyl (C=O) groups is 2. The first-order valence-electron chi connectivity index (χ1n) is 6.57. The summed E-state index contributed by atoms with van der Waals surface area (Å²) in [5, 5.41) is 14.3. The Bertz CT molecular complexity index is 337. The van der Waals surface area contributed by atoms with Gasteiger partial charge in [-0.25, -0.2) is 4.79 Å². The van der Waals surface area contributed by atoms with Crippen molar-refractivity contribution in [2.24, 2.45) is 0 Å². The standard InChI is InChI=1S/C12H20N2O5/c15-10(16)6-12(2-1-3-12)14-11(17)13-7-9-8-18-4-5-19-9/h9H,1-8H2,(H,15,16)(H2,13,14,17). The van der Waals surface area contributed by atoms with Gasteiger partial charge < -0.3 is 25.2 Å². The molecule has 0 spiro atoms. The van der Waals surface area contributed by atoms with Crippen LogP contribution in [0, 0.1) is 0 Å². The molecule has 1 saturated carbocycles. The first-order chi connectivity index (χ1) is 9.10. The van der Waals surface area contributed by atoms with Crippen LogP contribution in [0.25, 0.3) is 0 Å². The Morgan fingerprint density at radius 2 is 2.11 bits per heavy atom. The number of hydrogen-bond donors (Lipinski definition) is 3. The molecule has 19 heavy (non-hydrogen) atoms. The van der Waals surface area contributed by atoms with E-state index >= 15 is 0 Å². The van der Waals surface area contributed by atoms with E-state index in [-0.39, 0.29) is 18.6 Å². The van der Waals surface area contributed by atoms with Crippen molar-refractivity contribution >= 4 is 12.0 Å². The molecule has 3 N–H and O–H groups in total. The summed E-state index contributed by atoms with van der Waals surface area (Å²) in [5.41, 5.74) is -0.570. The molecule has 1 aliphatic heterocycles. The largest absolute Gasteiger partial charge is 0.481 e. The van der Waals surface area contributed by atoms with Crippen LogP contribution in [0.15, 0.2) is 0 Å². The Morgan fingerprint density at radius 1 is 1.32 bits per heavy atom. The summed E-state index contributed by atoms with van der Waals surface area (Å²) < 4.78 is 10.6. The van der Waals surface area contributed by atoms with Crippen molar-refractivity contribution in [1.82, 2.24) is 10.6 Å². The highest BCUT2D eigenvalue weighted by molar-refractivity contribution is 5.77. The van der Waals surface area contributed by atoms with Gasteiger partial charge in [-0.1, -0.05) is 0 Å². The maximum absolute atomic E-state index is 11.8. The molecule has 0 aromatic rings. The molecule has 0 radical (unpaired) electrons. The highest BCUT2D eigenvalue weighted by Gasteiger charge is 2.40. The quantitative estimate of drug-likeness (QED) is 0.659. The zero-order valence-corrected chi connectivity index (χ0v) is 10.8. The molecule has 2 rings (SSSR count). The molecule has 2 fully saturated rings. The minimum atomic E-state index is -0.885. The molecule has 0 aromatic heterocycles. The molecule has 1 saturated heterocycles. The van der Waals surface area contributed by atoms with Crippen molar-refractivity contribution in [1.29, 1.82) is 0 Å². The fourth-order valence-corrected chi connectivity index (χ4v) is 2.39. The van der Waals surface area contributed by atoms with E-state index in [1.54, 1.807) is 0 Å². The lowest BCUT2D eigenvalue weighted by atomic mass is 9.74. The number of urea groups is 1. The average molecular weight is 272 g/mol. The Balaban J connectivity index is 1.72. The molecule has 0 bridgehead atoms. The van der Waals surface area contributed by atoms with E-state index in [2.05, 4.69) is 10.6 Å². The van der Waals surface area contributed by atoms with E-state index < -0.39 is 11.5 Å². The smallest absolute Gasteiger partial charge is 0.315 e. The number of hydrogen-bond acceptors (Lipinski definition) is 4. The van der Waals surface area contributed by atoms with Crippen LogP contribution >= 0.6 is 0 Å². The Morgan fingerprint density at radius 3 is 2.63 bits per heavy atom. The van der Waals surface area contributed by atoms with Crippen LogP contribution < -0.4 is 10.6 Å². The molecule has 1 unspecified atom stereocenters. The maximum atomic E-state index is 11.8. The molecule has 2 amide bonds. The van der Waals surface area contributed by atoms with Crippen LogP contribution in [0.4, 0.5) is 4.79 Å². The van der Waals surface area contributed by atoms with E-state index in [1.807, 2.05) is 0 Å². The second kappa shape index (κ2) is 6.21. The summed E-state index contributed by atoms with van der Waals surface area (Å²) in [6.07, 6.45) is 2.23. The monoisotopic (exact) mass is 272 g/mol. The highest BCUT2D eigenvalue weighted by Crippen LogP contribution is 2.34. The van der Waals surface area contributed by atoms with Crippen molar-refractivity contribution in [2.45, 2.75) is 37.3 Å². The van der Waals surface area contributed by atoms with Gasteiger partial charge in [0.25, 0.3) is 0 Å². The van der Waals surface area contributed by atoms with Crippen molar-refractivity contribution in [3.63, 3.8) is 0 Å². The fraction of sp³-hybridized carbons (Fsp3) is 0.833. The summed E-state index contributed by atoms with van der Waals surface area (Å²) in [7, 11) is 0. The fourth-order valence-electron chi connectivity index (χ4n) is 2.39. The zero-order chi connectivity index (χ0) is 13.7. The van der Waals surface area contributed by atoms with E-state index in [0.717, 1.165) is 19.3 Å². The Kier molecular flexibility index (Phi) is 4.60. The lowest BCUT2D eigenvalue weighted by Crippen LogP contribution is -2.58. The molecule has 108 valence electrons. The van der Waals surface area contributed by atoms with Crippen LogP contribution in [0.5, 0.6) is 0 Å². The number of carbonyl (C=O) groups excluding carboxylic acids is 1. The molecule has 7 heteroatoms. The van der Waals surface area contributed by atoms with Crippen LogP contribution in [0.2, 0.25) is 0 Å². The normalized spacial score (nSPS) is 25.2. The zero-order valence-electron chi connectivity index (χ0n) is 10.8. The number of carboxylic acid groups (broad SMARTS) is 1. The minimum Gasteiger partial charge on any atom is -0.481 e. The summed E-state index contributed by atoms with van der Waals surface area (Å²) in [6, 6.07) is -0.338. The second-order valence-corrected chi connectivity index (χ2v) is 5.11. The number of rotatable bonds is 5. The van der Waals surface area contributed by atoms with Crippen LogP contribution in [0.1, 0.15) is 25.7 Å². The predicted octanol–water partition coefficient (Wildman–Crippen LogP) is 0.0984. The van der Waals surface area contributed by atoms with E-state index in [9.17, 15) is 9.59 Å². The summed E-state index contributed by atoms with van der Waals surface area (Å²) >= 11 is 0. The number of aliphatic carboxylic acids is 1. The lowest BCUT2D eigenvalue weighted by Gasteiger charge is -2.41. The number of ether oxygens (including phenoxy) is 2. The molecular weight excluding hydrogens is 252 g/mol. The van der Waals surface area contributed by atoms with Crippen molar-refractivity contribution in [2.75, 3.05) is 26.4 Å². The maximum Gasteiger partial charge on any atom is 0.315 e. The minimum absolute atomic E-state index is 0.0243. The molecule has 7 nitrogen and oxygen atoms in total. The predicted molar refractivity (Wildman–Crippen MR) is 65.9 cm³/mol. The second-order valence-electron chi connectivity index (χ2n) is 5.11. The van der Waals surface area contributed by atoms with Crippen molar-refractivity contribution in [3.8, 4) is 0 Å². The Hall–Kier alpha value is -1.34. The van der Waals surface area contributed by atoms with Gasteiger partial charge in [-0.3, -0.25) is 4.79 Å². The third kappa shape index (κ3) is 4.07. The van der Waals surface area contributed by atoms with Crippen LogP contribution in [-0.4, -0.2) is 55.1 Å². The van der Waals surface area contributed by atoms with E-state index in [1.165, 1.54) is 0 Å². The SMILES string of the molecule is O=C(O)CC1(NC(=O)NCC2COCCO2)CCC1. The molecule has 1 heterocycles. The summed E-state index contributed by atoms with van der Waals surface area (Å²) in [6.45, 7) is 1.97. The van der Waals surface area contributed by atoms with Gasteiger partial charge in [0.05, 0.1) is 37.9 Å². The van der Waals surface area contributed by atoms with Gasteiger partial charge in [0.2, 0.25) is 0 Å². The van der Waals surface area contributed by atoms with E-state index in [4.69, 9.17) is 14.6 Å². The van der Waals surface area contributed by atoms with Crippen molar-refractivity contribution < 1.29 is 24.2 Å². The topological polar surface area (TPSA) is 96.9 Å². The third-order valence-corrected chi connectivity index (χ3v) is 3.55. The van der Waals surface area contributed by atoms with Gasteiger partial charge in [-0.05, 0) is 19.3 Å². The van der Waals surface area contributed by atoms with Gasteiger partial charge in [-0.2, -0.15) is 0 Å². The van der Waals surface area contributed by atoms with Gasteiger partial charge in [0.1, 0.15) is 0 Å². The summed E-state index contributed by atoms with van der Waals surface area (Å²) in [4.78, 5) is 22.6. The van der Waals surface area contributed by atoms with Crippen molar-refractivity contribution in [3.05, 3.63) is 0 Å². The Labute approximate surface area is 111 Å². The van der Waals surface area contributed by atoms with Gasteiger partial charge >= 0.3 is 12.0 Å². The first kappa shape index (κ1) is 14.1. The van der Waals surface area contributed by atoms with E-state index in [0.29, 0.717) is 26.4 Å². The first-order valence-corrected chi connectivity index (χ1v) is 6.57. The number of carboxylic acids is 1. The molecule has 0 aromatic carbocycles. The highest BCUT2D eigenvalue weighted by atomic mass is 16.6. The molecule has 1 atom stereocenters. The number of nitrogens with one attached hydrogen (secondary N) is 2. The van der Waals surface area contributed by atoms with Gasteiger partial charge in [0.15, 0.2) is 0 Å². The third-order valence-electron chi connectivity index (χ3n) is 3.55. The molecule has 1 aliphatic carbocycles. The van der Waals surface area contributed by atoms with Gasteiger partial charge in [0, 0.05) is 6.54 Å². The molecule has 2 aliphatic rings. The molecular formula is C12H20N2O5. The summed E-state index contributed by atoms with van der Waals surface area (Å²) in [5.74, 6) is -0.885. The lowest BCUT2D eigenvalue weighted by molar-refractivity contribution is -0.139.